The van der Waals surface area contributed by atoms with Gasteiger partial charge in [-0.1, -0.05) is 0 Å². The molecular weight excluding hydrogens is 330 g/mol. The topological polar surface area (TPSA) is 233 Å². The van der Waals surface area contributed by atoms with Gasteiger partial charge in [-0.15, -0.1) is 0 Å². The number of nitrogens with zero attached hydrogens (tertiary/aromatic N) is 2. The molecule has 0 saturated heterocycles. The number of hydrogen-bond acceptors (Lipinski definition) is 8. The smallest absolute Gasteiger partial charge is 0.336 e. The minimum Gasteiger partial charge on any atom is -0.481 e. The van der Waals surface area contributed by atoms with Crippen molar-refractivity contribution in [3.63, 3.8) is 0 Å². The molecule has 0 amide bonds. The van der Waals surface area contributed by atoms with Crippen molar-refractivity contribution in [2.24, 2.45) is 0 Å². The lowest BCUT2D eigenvalue weighted by atomic mass is 9.96. The molecule has 0 aliphatic carbocycles. The maximum absolute atomic E-state index is 11.0. The van der Waals surface area contributed by atoms with Gasteiger partial charge in [0.1, 0.15) is 0 Å². The van der Waals surface area contributed by atoms with Gasteiger partial charge in [0.2, 0.25) is 5.95 Å². The number of rotatable bonds is 5. The Kier molecular flexibility index (Phi) is 5.56. The number of aliphatic hydroxyl groups is 1. The summed E-state index contributed by atoms with van der Waals surface area (Å²) < 4.78 is 0. The van der Waals surface area contributed by atoms with Gasteiger partial charge in [-0.3, -0.25) is 19.4 Å². The lowest BCUT2D eigenvalue weighted by Gasteiger charge is -2.18. The molecule has 13 heteroatoms. The van der Waals surface area contributed by atoms with Crippen molar-refractivity contribution >= 4 is 35.0 Å². The van der Waals surface area contributed by atoms with Crippen molar-refractivity contribution in [3.8, 4) is 0 Å². The Hall–Kier alpha value is -3.48. The van der Waals surface area contributed by atoms with Crippen LogP contribution in [-0.2, 0) is 14.4 Å². The normalized spacial score (nSPS) is 10.7. The van der Waals surface area contributed by atoms with Crippen molar-refractivity contribution in [2.45, 2.75) is 18.4 Å². The molecule has 8 N–H and O–H groups in total. The van der Waals surface area contributed by atoms with E-state index < -0.39 is 36.4 Å². The predicted molar refractivity (Wildman–Crippen MR) is 76.0 cm³/mol. The van der Waals surface area contributed by atoms with Crippen LogP contribution in [0.15, 0.2) is 11.1 Å². The number of carbonyl (C=O) groups is 3. The van der Waals surface area contributed by atoms with Gasteiger partial charge in [0.05, 0.1) is 19.2 Å². The first kappa shape index (κ1) is 18.6. The Balaban J connectivity index is 0.000000242. The second-order valence-electron chi connectivity index (χ2n) is 4.53. The van der Waals surface area contributed by atoms with E-state index in [0.717, 1.165) is 0 Å². The number of fused-ring (bicyclic) bond motifs is 1. The van der Waals surface area contributed by atoms with Gasteiger partial charge in [0, 0.05) is 0 Å². The molecule has 0 fully saturated rings. The van der Waals surface area contributed by atoms with Gasteiger partial charge in [-0.2, -0.15) is 4.98 Å². The Morgan fingerprint density at radius 2 is 1.71 bits per heavy atom. The highest BCUT2D eigenvalue weighted by Crippen LogP contribution is 2.15. The molecule has 0 bridgehead atoms. The summed E-state index contributed by atoms with van der Waals surface area (Å²) >= 11 is 0. The summed E-state index contributed by atoms with van der Waals surface area (Å²) in [5.41, 5.74) is 2.91. The number of hydrogen-bond donors (Lipinski definition) is 7. The third-order valence-corrected chi connectivity index (χ3v) is 2.60. The highest BCUT2D eigenvalue weighted by atomic mass is 16.4. The van der Waals surface area contributed by atoms with Crippen LogP contribution in [0.4, 0.5) is 5.95 Å². The van der Waals surface area contributed by atoms with Crippen LogP contribution in [0.25, 0.3) is 11.2 Å². The average Bonchev–Trinajstić information content (AvgIpc) is 2.85. The average molecular weight is 343 g/mol. The molecule has 0 aliphatic heterocycles. The van der Waals surface area contributed by atoms with Gasteiger partial charge in [0.25, 0.3) is 5.56 Å². The number of carboxylic acids is 3. The van der Waals surface area contributed by atoms with Crippen molar-refractivity contribution < 1.29 is 34.8 Å². The van der Waals surface area contributed by atoms with Crippen molar-refractivity contribution in [1.82, 2.24) is 19.9 Å². The van der Waals surface area contributed by atoms with Crippen LogP contribution >= 0.6 is 0 Å². The largest absolute Gasteiger partial charge is 0.481 e. The third-order valence-electron chi connectivity index (χ3n) is 2.60. The van der Waals surface area contributed by atoms with E-state index in [-0.39, 0.29) is 11.5 Å². The number of imidazole rings is 1. The first-order chi connectivity index (χ1) is 11.0. The number of aromatic nitrogens is 4. The summed E-state index contributed by atoms with van der Waals surface area (Å²) in [7, 11) is 0. The van der Waals surface area contributed by atoms with Crippen LogP contribution in [-0.4, -0.2) is 63.9 Å². The van der Waals surface area contributed by atoms with Crippen molar-refractivity contribution in [3.05, 3.63) is 16.7 Å². The van der Waals surface area contributed by atoms with E-state index >= 15 is 0 Å². The molecule has 0 atom stereocenters. The van der Waals surface area contributed by atoms with E-state index in [2.05, 4.69) is 19.9 Å². The number of aliphatic carboxylic acids is 3. The fraction of sp³-hybridized carbons (Fsp3) is 0.273. The van der Waals surface area contributed by atoms with Gasteiger partial charge in [-0.25, -0.2) is 9.78 Å². The number of nitrogens with one attached hydrogen (secondary N) is 2. The second kappa shape index (κ2) is 7.19. The first-order valence-corrected chi connectivity index (χ1v) is 6.13. The van der Waals surface area contributed by atoms with Crippen LogP contribution in [0.5, 0.6) is 0 Å². The summed E-state index contributed by atoms with van der Waals surface area (Å²) in [6.07, 6.45) is -0.893. The molecule has 2 aromatic rings. The van der Waals surface area contributed by atoms with E-state index in [4.69, 9.17) is 26.2 Å². The standard InChI is InChI=1S/C6H8O7.C5H5N5O/c7-3(8)1-6(13,5(11)12)2-4(9)10;6-5-9-3-2(4(11)10-5)7-1-8-3/h13H,1-2H2,(H,7,8)(H,9,10)(H,11,12);1H,(H4,6,7,8,9,10,11). The molecule has 13 nitrogen and oxygen atoms in total. The minimum absolute atomic E-state index is 0.0783. The van der Waals surface area contributed by atoms with Crippen LogP contribution in [0.1, 0.15) is 12.8 Å². The van der Waals surface area contributed by atoms with E-state index in [1.54, 1.807) is 0 Å². The summed E-state index contributed by atoms with van der Waals surface area (Å²) in [6.45, 7) is 0. The van der Waals surface area contributed by atoms with Crippen molar-refractivity contribution in [1.29, 1.82) is 0 Å². The quantitative estimate of drug-likeness (QED) is 0.313. The van der Waals surface area contributed by atoms with E-state index in [0.29, 0.717) is 11.2 Å². The first-order valence-electron chi connectivity index (χ1n) is 6.13. The zero-order chi connectivity index (χ0) is 18.5. The van der Waals surface area contributed by atoms with Crippen LogP contribution in [0.3, 0.4) is 0 Å². The Morgan fingerprint density at radius 3 is 2.17 bits per heavy atom. The molecule has 0 unspecified atom stereocenters. The molecule has 2 heterocycles. The molecule has 0 aromatic carbocycles. The number of anilines is 1. The van der Waals surface area contributed by atoms with E-state index in [1.165, 1.54) is 6.33 Å². The fourth-order valence-corrected chi connectivity index (χ4v) is 1.57. The predicted octanol–water partition coefficient (Wildman–Crippen LogP) is -2.02. The van der Waals surface area contributed by atoms with Gasteiger partial charge < -0.3 is 31.1 Å². The Morgan fingerprint density at radius 1 is 1.17 bits per heavy atom. The zero-order valence-electron chi connectivity index (χ0n) is 11.9. The summed E-state index contributed by atoms with van der Waals surface area (Å²) in [6, 6.07) is 0. The van der Waals surface area contributed by atoms with Gasteiger partial charge in [0.15, 0.2) is 16.8 Å². The molecule has 0 saturated carbocycles. The number of nitrogens with two attached hydrogens (primary N) is 1. The number of carboxylic acid groups (broad SMARTS) is 3. The molecule has 2 aromatic heterocycles. The van der Waals surface area contributed by atoms with Gasteiger partial charge >= 0.3 is 17.9 Å². The third kappa shape index (κ3) is 4.77. The monoisotopic (exact) mass is 343 g/mol. The summed E-state index contributed by atoms with van der Waals surface area (Å²) in [4.78, 5) is 54.0. The number of nitrogen functional groups attached to an aromatic ring is 1. The number of H-pyrrole nitrogens is 2. The second-order valence-corrected chi connectivity index (χ2v) is 4.53. The SMILES string of the molecule is Nc1nc2nc[nH]c2c(=O)[nH]1.O=C(O)CC(O)(CC(=O)O)C(=O)O. The lowest BCUT2D eigenvalue weighted by molar-refractivity contribution is -0.170. The molecule has 130 valence electrons. The molecule has 0 radical (unpaired) electrons. The van der Waals surface area contributed by atoms with Crippen molar-refractivity contribution in [2.75, 3.05) is 5.73 Å². The van der Waals surface area contributed by atoms with Crippen LogP contribution in [0, 0.1) is 0 Å². The maximum atomic E-state index is 11.0. The highest BCUT2D eigenvalue weighted by Gasteiger charge is 2.40. The minimum atomic E-state index is -2.74. The highest BCUT2D eigenvalue weighted by molar-refractivity contribution is 5.88. The van der Waals surface area contributed by atoms with E-state index in [9.17, 15) is 19.2 Å². The zero-order valence-corrected chi connectivity index (χ0v) is 11.9. The Labute approximate surface area is 131 Å². The molecular formula is C11H13N5O8. The Bertz CT molecular complexity index is 809. The summed E-state index contributed by atoms with van der Waals surface area (Å²) in [5.74, 6) is -4.94. The number of aromatic amines is 2. The van der Waals surface area contributed by atoms with Gasteiger partial charge in [-0.05, 0) is 0 Å². The molecule has 0 spiro atoms. The van der Waals surface area contributed by atoms with Crippen LogP contribution in [0.2, 0.25) is 0 Å². The lowest BCUT2D eigenvalue weighted by Crippen LogP contribution is -2.42. The molecule has 2 rings (SSSR count). The maximum Gasteiger partial charge on any atom is 0.336 e. The molecule has 24 heavy (non-hydrogen) atoms. The fourth-order valence-electron chi connectivity index (χ4n) is 1.57. The van der Waals surface area contributed by atoms with Crippen LogP contribution < -0.4 is 11.3 Å². The molecule has 0 aliphatic rings. The summed E-state index contributed by atoms with van der Waals surface area (Å²) in [5, 5.41) is 33.8. The van der Waals surface area contributed by atoms with E-state index in [1.807, 2.05) is 0 Å².